The summed E-state index contributed by atoms with van der Waals surface area (Å²) in [6.07, 6.45) is 8.62. The Morgan fingerprint density at radius 3 is 2.88 bits per heavy atom. The van der Waals surface area contributed by atoms with Gasteiger partial charge in [0.2, 0.25) is 0 Å². The summed E-state index contributed by atoms with van der Waals surface area (Å²) in [7, 11) is 0. The van der Waals surface area contributed by atoms with Crippen molar-refractivity contribution >= 4 is 11.8 Å². The molecule has 1 aromatic rings. The summed E-state index contributed by atoms with van der Waals surface area (Å²) in [4.78, 5) is 0. The standard InChI is InChI=1S/C13H20N2S/c14-12-2-1-3-13-11(12)4-7-15(13)10-5-8-16-9-6-10/h4,7,10,12H,1-3,5-6,8-9,14H2. The summed E-state index contributed by atoms with van der Waals surface area (Å²) in [5.74, 6) is 2.65. The van der Waals surface area contributed by atoms with Crippen LogP contribution in [0.15, 0.2) is 12.3 Å². The molecule has 2 aliphatic rings. The molecular weight excluding hydrogens is 216 g/mol. The fourth-order valence-corrected chi connectivity index (χ4v) is 4.14. The normalized spacial score (nSPS) is 26.7. The van der Waals surface area contributed by atoms with Crippen LogP contribution in [0, 0.1) is 0 Å². The van der Waals surface area contributed by atoms with Gasteiger partial charge in [-0.3, -0.25) is 0 Å². The van der Waals surface area contributed by atoms with E-state index in [4.69, 9.17) is 5.73 Å². The van der Waals surface area contributed by atoms with Crippen molar-refractivity contribution in [3.63, 3.8) is 0 Å². The molecule has 3 heteroatoms. The number of aromatic nitrogens is 1. The third kappa shape index (κ3) is 1.80. The van der Waals surface area contributed by atoms with Crippen LogP contribution in [0.25, 0.3) is 0 Å². The number of rotatable bonds is 1. The predicted molar refractivity (Wildman–Crippen MR) is 69.9 cm³/mol. The maximum Gasteiger partial charge on any atom is 0.0349 e. The summed E-state index contributed by atoms with van der Waals surface area (Å²) in [5.41, 5.74) is 9.13. The highest BCUT2D eigenvalue weighted by Gasteiger charge is 2.24. The van der Waals surface area contributed by atoms with E-state index in [0.717, 1.165) is 12.5 Å². The Kier molecular flexibility index (Phi) is 2.99. The molecule has 1 aliphatic heterocycles. The molecule has 16 heavy (non-hydrogen) atoms. The van der Waals surface area contributed by atoms with Crippen molar-refractivity contribution in [3.8, 4) is 0 Å². The van der Waals surface area contributed by atoms with Crippen molar-refractivity contribution < 1.29 is 0 Å². The molecule has 2 heterocycles. The minimum Gasteiger partial charge on any atom is -0.348 e. The van der Waals surface area contributed by atoms with Gasteiger partial charge in [0, 0.05) is 24.0 Å². The molecule has 0 amide bonds. The largest absolute Gasteiger partial charge is 0.348 e. The zero-order chi connectivity index (χ0) is 11.0. The Morgan fingerprint density at radius 2 is 2.06 bits per heavy atom. The quantitative estimate of drug-likeness (QED) is 0.813. The van der Waals surface area contributed by atoms with Gasteiger partial charge in [-0.05, 0) is 55.2 Å². The van der Waals surface area contributed by atoms with Gasteiger partial charge in [-0.2, -0.15) is 11.8 Å². The van der Waals surface area contributed by atoms with Crippen LogP contribution in [0.2, 0.25) is 0 Å². The summed E-state index contributed by atoms with van der Waals surface area (Å²) < 4.78 is 2.54. The molecule has 1 unspecified atom stereocenters. The second-order valence-corrected chi connectivity index (χ2v) is 6.19. The van der Waals surface area contributed by atoms with Gasteiger partial charge in [0.1, 0.15) is 0 Å². The van der Waals surface area contributed by atoms with Crippen molar-refractivity contribution in [1.29, 1.82) is 0 Å². The Balaban J connectivity index is 1.89. The van der Waals surface area contributed by atoms with E-state index < -0.39 is 0 Å². The first-order valence-corrected chi connectivity index (χ1v) is 7.54. The summed E-state index contributed by atoms with van der Waals surface area (Å²) in [5, 5.41) is 0. The minimum absolute atomic E-state index is 0.294. The Morgan fingerprint density at radius 1 is 1.25 bits per heavy atom. The van der Waals surface area contributed by atoms with E-state index in [1.807, 2.05) is 0 Å². The molecule has 1 saturated heterocycles. The first-order chi connectivity index (χ1) is 7.86. The maximum atomic E-state index is 6.17. The van der Waals surface area contributed by atoms with Crippen LogP contribution in [-0.2, 0) is 6.42 Å². The van der Waals surface area contributed by atoms with E-state index in [9.17, 15) is 0 Å². The Bertz CT molecular complexity index is 366. The van der Waals surface area contributed by atoms with E-state index in [1.165, 1.54) is 48.4 Å². The SMILES string of the molecule is NC1CCCc2c1ccn2C1CCSCC1. The highest BCUT2D eigenvalue weighted by atomic mass is 32.2. The minimum atomic E-state index is 0.294. The number of thioether (sulfide) groups is 1. The van der Waals surface area contributed by atoms with Crippen molar-refractivity contribution in [3.05, 3.63) is 23.5 Å². The zero-order valence-corrected chi connectivity index (χ0v) is 10.5. The van der Waals surface area contributed by atoms with Gasteiger partial charge in [-0.15, -0.1) is 0 Å². The molecule has 0 spiro atoms. The van der Waals surface area contributed by atoms with Gasteiger partial charge in [0.25, 0.3) is 0 Å². The molecule has 0 saturated carbocycles. The second kappa shape index (κ2) is 4.46. The average Bonchev–Trinajstić information content (AvgIpc) is 2.75. The molecular formula is C13H20N2S. The van der Waals surface area contributed by atoms with E-state index in [1.54, 1.807) is 0 Å². The molecule has 2 N–H and O–H groups in total. The lowest BCUT2D eigenvalue weighted by molar-refractivity contribution is 0.441. The first kappa shape index (κ1) is 10.7. The molecule has 1 atom stereocenters. The van der Waals surface area contributed by atoms with Crippen molar-refractivity contribution in [1.82, 2.24) is 4.57 Å². The maximum absolute atomic E-state index is 6.17. The lowest BCUT2D eigenvalue weighted by Crippen LogP contribution is -2.21. The van der Waals surface area contributed by atoms with Crippen LogP contribution in [0.5, 0.6) is 0 Å². The molecule has 0 aromatic carbocycles. The summed E-state index contributed by atoms with van der Waals surface area (Å²) in [6.45, 7) is 0. The Labute approximate surface area is 102 Å². The summed E-state index contributed by atoms with van der Waals surface area (Å²) in [6, 6.07) is 3.30. The number of nitrogens with zero attached hydrogens (tertiary/aromatic N) is 1. The fraction of sp³-hybridized carbons (Fsp3) is 0.692. The van der Waals surface area contributed by atoms with Crippen LogP contribution < -0.4 is 5.73 Å². The van der Waals surface area contributed by atoms with Gasteiger partial charge in [-0.25, -0.2) is 0 Å². The number of hydrogen-bond acceptors (Lipinski definition) is 2. The molecule has 1 aromatic heterocycles. The van der Waals surface area contributed by atoms with E-state index in [2.05, 4.69) is 28.6 Å². The van der Waals surface area contributed by atoms with Crippen LogP contribution in [0.1, 0.15) is 49.0 Å². The number of nitrogens with two attached hydrogens (primary N) is 1. The molecule has 0 radical (unpaired) electrons. The third-order valence-electron chi connectivity index (χ3n) is 3.97. The molecule has 1 fully saturated rings. The van der Waals surface area contributed by atoms with Crippen molar-refractivity contribution in [2.75, 3.05) is 11.5 Å². The van der Waals surface area contributed by atoms with Crippen LogP contribution in [0.4, 0.5) is 0 Å². The van der Waals surface area contributed by atoms with E-state index in [-0.39, 0.29) is 0 Å². The smallest absolute Gasteiger partial charge is 0.0349 e. The lowest BCUT2D eigenvalue weighted by atomic mass is 9.93. The van der Waals surface area contributed by atoms with E-state index in [0.29, 0.717) is 6.04 Å². The first-order valence-electron chi connectivity index (χ1n) is 6.39. The monoisotopic (exact) mass is 236 g/mol. The zero-order valence-electron chi connectivity index (χ0n) is 9.69. The number of hydrogen-bond donors (Lipinski definition) is 1. The average molecular weight is 236 g/mol. The van der Waals surface area contributed by atoms with Crippen LogP contribution >= 0.6 is 11.8 Å². The molecule has 88 valence electrons. The second-order valence-electron chi connectivity index (χ2n) is 4.97. The topological polar surface area (TPSA) is 30.9 Å². The highest BCUT2D eigenvalue weighted by Crippen LogP contribution is 2.34. The van der Waals surface area contributed by atoms with Crippen molar-refractivity contribution in [2.24, 2.45) is 5.73 Å². The predicted octanol–water partition coefficient (Wildman–Crippen LogP) is 2.89. The van der Waals surface area contributed by atoms with Crippen LogP contribution in [0.3, 0.4) is 0 Å². The Hall–Kier alpha value is -0.410. The number of fused-ring (bicyclic) bond motifs is 1. The lowest BCUT2D eigenvalue weighted by Gasteiger charge is -2.28. The highest BCUT2D eigenvalue weighted by molar-refractivity contribution is 7.99. The van der Waals surface area contributed by atoms with E-state index >= 15 is 0 Å². The van der Waals surface area contributed by atoms with Gasteiger partial charge >= 0.3 is 0 Å². The van der Waals surface area contributed by atoms with Gasteiger partial charge < -0.3 is 10.3 Å². The van der Waals surface area contributed by atoms with Crippen molar-refractivity contribution in [2.45, 2.75) is 44.2 Å². The molecule has 2 nitrogen and oxygen atoms in total. The third-order valence-corrected chi connectivity index (χ3v) is 5.02. The molecule has 0 bridgehead atoms. The summed E-state index contributed by atoms with van der Waals surface area (Å²) >= 11 is 2.10. The molecule has 1 aliphatic carbocycles. The fourth-order valence-electron chi connectivity index (χ4n) is 3.06. The van der Waals surface area contributed by atoms with Gasteiger partial charge in [0.15, 0.2) is 0 Å². The van der Waals surface area contributed by atoms with Gasteiger partial charge in [0.05, 0.1) is 0 Å². The molecule has 3 rings (SSSR count). The van der Waals surface area contributed by atoms with Crippen LogP contribution in [-0.4, -0.2) is 16.1 Å². The van der Waals surface area contributed by atoms with Gasteiger partial charge in [-0.1, -0.05) is 0 Å².